The summed E-state index contributed by atoms with van der Waals surface area (Å²) in [6.45, 7) is 2.10. The van der Waals surface area contributed by atoms with Gasteiger partial charge in [-0.25, -0.2) is 9.97 Å². The molecule has 1 saturated carbocycles. The van der Waals surface area contributed by atoms with E-state index in [4.69, 9.17) is 50.5 Å². The van der Waals surface area contributed by atoms with E-state index in [0.29, 0.717) is 56.3 Å². The molecule has 0 unspecified atom stereocenters. The first-order valence-electron chi connectivity index (χ1n) is 11.6. The minimum Gasteiger partial charge on any atom is -0.370 e. The zero-order valence-corrected chi connectivity index (χ0v) is 21.2. The Labute approximate surface area is 213 Å². The summed E-state index contributed by atoms with van der Waals surface area (Å²) in [4.78, 5) is 25.6. The number of amides is 1. The molecule has 0 bridgehead atoms. The molecule has 1 atom stereocenters. The van der Waals surface area contributed by atoms with Crippen molar-refractivity contribution in [3.8, 4) is 0 Å². The summed E-state index contributed by atoms with van der Waals surface area (Å²) in [5.41, 5.74) is 7.26. The number of nitrogens with zero attached hydrogens (tertiary/aromatic N) is 4. The number of hydrogen-bond donors (Lipinski definition) is 3. The molecule has 3 aromatic rings. The molecule has 1 aromatic carbocycles. The van der Waals surface area contributed by atoms with Gasteiger partial charge in [0.15, 0.2) is 5.65 Å². The lowest BCUT2D eigenvalue weighted by Crippen LogP contribution is -2.18. The van der Waals surface area contributed by atoms with Gasteiger partial charge in [0.1, 0.15) is 5.52 Å². The van der Waals surface area contributed by atoms with Gasteiger partial charge >= 0.3 is 0 Å². The maximum Gasteiger partial charge on any atom is 0.224 e. The number of carbonyl (C=O) groups is 1. The number of hydrogen-bond acceptors (Lipinski definition) is 6. The quantitative estimate of drug-likeness (QED) is 0.279. The van der Waals surface area contributed by atoms with Crippen LogP contribution in [0.2, 0.25) is 15.1 Å². The van der Waals surface area contributed by atoms with Crippen molar-refractivity contribution in [2.45, 2.75) is 70.4 Å². The average Bonchev–Trinajstić information content (AvgIpc) is 3.41. The summed E-state index contributed by atoms with van der Waals surface area (Å²) in [6, 6.07) is 3.54. The van der Waals surface area contributed by atoms with Crippen LogP contribution < -0.4 is 16.4 Å². The summed E-state index contributed by atoms with van der Waals surface area (Å²) in [5, 5.41) is 7.90. The SMILES string of the molecule is CCC[C@@H](CCC(N)=O)n1c(Nc2c(Cl)cc(Cl)cc2Cl)nc2cnc(NC3CCCC3)nc21. The maximum absolute atomic E-state index is 11.6. The third kappa shape index (κ3) is 5.67. The van der Waals surface area contributed by atoms with Crippen LogP contribution in [-0.2, 0) is 4.79 Å². The van der Waals surface area contributed by atoms with Gasteiger partial charge < -0.3 is 16.4 Å². The molecule has 182 valence electrons. The first kappa shape index (κ1) is 24.8. The fraction of sp³-hybridized carbons (Fsp3) is 0.478. The lowest BCUT2D eigenvalue weighted by molar-refractivity contribution is -0.118. The minimum atomic E-state index is -0.345. The van der Waals surface area contributed by atoms with E-state index in [2.05, 4.69) is 22.5 Å². The normalized spacial score (nSPS) is 15.1. The Bertz CT molecular complexity index is 1150. The number of aromatic nitrogens is 4. The number of carbonyl (C=O) groups excluding carboxylic acids is 1. The predicted octanol–water partition coefficient (Wildman–Crippen LogP) is 6.49. The van der Waals surface area contributed by atoms with E-state index in [9.17, 15) is 4.79 Å². The fourth-order valence-corrected chi connectivity index (χ4v) is 5.38. The maximum atomic E-state index is 11.6. The van der Waals surface area contributed by atoms with Crippen molar-refractivity contribution in [3.63, 3.8) is 0 Å². The number of nitrogens with one attached hydrogen (secondary N) is 2. The number of rotatable bonds is 10. The number of halogens is 3. The highest BCUT2D eigenvalue weighted by Gasteiger charge is 2.24. The van der Waals surface area contributed by atoms with Crippen LogP contribution >= 0.6 is 34.8 Å². The Hall–Kier alpha value is -2.29. The number of primary amides is 1. The molecular formula is C23H28Cl3N7O. The Balaban J connectivity index is 1.79. The molecule has 2 aromatic heterocycles. The van der Waals surface area contributed by atoms with E-state index in [1.807, 2.05) is 4.57 Å². The largest absolute Gasteiger partial charge is 0.370 e. The molecule has 0 spiro atoms. The average molecular weight is 525 g/mol. The Morgan fingerprint density at radius 1 is 1.18 bits per heavy atom. The van der Waals surface area contributed by atoms with Gasteiger partial charge in [0.2, 0.25) is 17.8 Å². The highest BCUT2D eigenvalue weighted by atomic mass is 35.5. The number of nitrogens with two attached hydrogens (primary N) is 1. The Morgan fingerprint density at radius 3 is 2.53 bits per heavy atom. The lowest BCUT2D eigenvalue weighted by atomic mass is 10.1. The van der Waals surface area contributed by atoms with E-state index < -0.39 is 0 Å². The van der Waals surface area contributed by atoms with Crippen molar-refractivity contribution in [2.24, 2.45) is 5.73 Å². The smallest absolute Gasteiger partial charge is 0.224 e. The van der Waals surface area contributed by atoms with Crippen molar-refractivity contribution in [1.82, 2.24) is 19.5 Å². The van der Waals surface area contributed by atoms with Crippen molar-refractivity contribution in [3.05, 3.63) is 33.4 Å². The molecule has 1 fully saturated rings. The number of fused-ring (bicyclic) bond motifs is 1. The second kappa shape index (κ2) is 11.0. The van der Waals surface area contributed by atoms with Gasteiger partial charge in [-0.1, -0.05) is 61.0 Å². The third-order valence-electron chi connectivity index (χ3n) is 6.08. The first-order chi connectivity index (χ1) is 16.4. The summed E-state index contributed by atoms with van der Waals surface area (Å²) in [5.74, 6) is 0.734. The zero-order chi connectivity index (χ0) is 24.2. The fourth-order valence-electron chi connectivity index (χ4n) is 4.47. The van der Waals surface area contributed by atoms with Crippen LogP contribution in [0.4, 0.5) is 17.6 Å². The van der Waals surface area contributed by atoms with Gasteiger partial charge in [-0.2, -0.15) is 4.98 Å². The monoisotopic (exact) mass is 523 g/mol. The molecule has 34 heavy (non-hydrogen) atoms. The van der Waals surface area contributed by atoms with E-state index in [-0.39, 0.29) is 18.4 Å². The molecule has 1 aliphatic rings. The number of benzene rings is 1. The molecule has 11 heteroatoms. The minimum absolute atomic E-state index is 0.0657. The number of anilines is 3. The van der Waals surface area contributed by atoms with Crippen molar-refractivity contribution in [1.29, 1.82) is 0 Å². The van der Waals surface area contributed by atoms with E-state index in [0.717, 1.165) is 25.7 Å². The van der Waals surface area contributed by atoms with Crippen LogP contribution in [0.15, 0.2) is 18.3 Å². The van der Waals surface area contributed by atoms with E-state index in [1.165, 1.54) is 12.8 Å². The predicted molar refractivity (Wildman–Crippen MR) is 138 cm³/mol. The second-order valence-corrected chi connectivity index (χ2v) is 9.90. The molecular weight excluding hydrogens is 497 g/mol. The highest BCUT2D eigenvalue weighted by Crippen LogP contribution is 2.38. The van der Waals surface area contributed by atoms with Gasteiger partial charge in [-0.3, -0.25) is 9.36 Å². The van der Waals surface area contributed by atoms with Crippen LogP contribution in [0.5, 0.6) is 0 Å². The molecule has 4 N–H and O–H groups in total. The standard InChI is InChI=1S/C23H28Cl3N7O/c1-2-5-15(8-9-19(27)34)33-21-18(12-28-22(32-21)29-14-6-3-4-7-14)30-23(33)31-20-16(25)10-13(24)11-17(20)26/h10-12,14-15H,2-9H2,1H3,(H2,27,34)(H,30,31)(H,28,29,32)/t15-/m0/s1. The summed E-state index contributed by atoms with van der Waals surface area (Å²) in [6.07, 6.45) is 8.87. The van der Waals surface area contributed by atoms with Gasteiger partial charge in [-0.15, -0.1) is 0 Å². The topological polar surface area (TPSA) is 111 Å². The van der Waals surface area contributed by atoms with Crippen LogP contribution in [0, 0.1) is 0 Å². The Kier molecular flexibility index (Phi) is 8.01. The zero-order valence-electron chi connectivity index (χ0n) is 19.0. The molecule has 0 radical (unpaired) electrons. The first-order valence-corrected chi connectivity index (χ1v) is 12.7. The van der Waals surface area contributed by atoms with Gasteiger partial charge in [0.25, 0.3) is 0 Å². The summed E-state index contributed by atoms with van der Waals surface area (Å²) in [7, 11) is 0. The second-order valence-electron chi connectivity index (χ2n) is 8.65. The van der Waals surface area contributed by atoms with Crippen LogP contribution in [0.3, 0.4) is 0 Å². The van der Waals surface area contributed by atoms with Crippen LogP contribution in [-0.4, -0.2) is 31.5 Å². The van der Waals surface area contributed by atoms with Gasteiger partial charge in [-0.05, 0) is 37.8 Å². The molecule has 0 saturated heterocycles. The van der Waals surface area contributed by atoms with Crippen molar-refractivity contribution in [2.75, 3.05) is 10.6 Å². The van der Waals surface area contributed by atoms with Crippen molar-refractivity contribution >= 4 is 69.5 Å². The van der Waals surface area contributed by atoms with Gasteiger partial charge in [0.05, 0.1) is 21.9 Å². The summed E-state index contributed by atoms with van der Waals surface area (Å²) >= 11 is 18.9. The molecule has 0 aliphatic heterocycles. The van der Waals surface area contributed by atoms with E-state index in [1.54, 1.807) is 18.3 Å². The number of imidazole rings is 1. The van der Waals surface area contributed by atoms with Gasteiger partial charge in [0, 0.05) is 23.5 Å². The molecule has 2 heterocycles. The lowest BCUT2D eigenvalue weighted by Gasteiger charge is -2.22. The van der Waals surface area contributed by atoms with Crippen LogP contribution in [0.1, 0.15) is 64.3 Å². The molecule has 1 amide bonds. The highest BCUT2D eigenvalue weighted by molar-refractivity contribution is 6.41. The summed E-state index contributed by atoms with van der Waals surface area (Å²) < 4.78 is 2.00. The van der Waals surface area contributed by atoms with Crippen LogP contribution in [0.25, 0.3) is 11.2 Å². The Morgan fingerprint density at radius 2 is 1.88 bits per heavy atom. The third-order valence-corrected chi connectivity index (χ3v) is 6.89. The van der Waals surface area contributed by atoms with E-state index >= 15 is 0 Å². The van der Waals surface area contributed by atoms with Crippen molar-refractivity contribution < 1.29 is 4.79 Å². The molecule has 1 aliphatic carbocycles. The molecule has 4 rings (SSSR count). The molecule has 8 nitrogen and oxygen atoms in total.